The molecule has 5 nitrogen and oxygen atoms in total. The molecule has 0 fully saturated rings. The van der Waals surface area contributed by atoms with E-state index in [1.165, 1.54) is 0 Å². The van der Waals surface area contributed by atoms with Crippen molar-refractivity contribution in [3.8, 4) is 11.1 Å². The summed E-state index contributed by atoms with van der Waals surface area (Å²) in [6, 6.07) is 14.8. The first kappa shape index (κ1) is 22.3. The number of hydrogen-bond acceptors (Lipinski definition) is 2. The molecule has 0 aliphatic heterocycles. The molecule has 3 aromatic rings. The van der Waals surface area contributed by atoms with E-state index in [0.29, 0.717) is 12.1 Å². The van der Waals surface area contributed by atoms with E-state index in [2.05, 4.69) is 13.0 Å². The van der Waals surface area contributed by atoms with Gasteiger partial charge in [0.1, 0.15) is 0 Å². The Kier molecular flexibility index (Phi) is 7.65. The van der Waals surface area contributed by atoms with Crippen LogP contribution in [0.2, 0.25) is 0 Å². The second kappa shape index (κ2) is 10.6. The summed E-state index contributed by atoms with van der Waals surface area (Å²) in [5.74, 6) is -0.940. The van der Waals surface area contributed by atoms with Crippen molar-refractivity contribution in [1.29, 1.82) is 0 Å². The Hall–Kier alpha value is -3.34. The van der Waals surface area contributed by atoms with Crippen LogP contribution < -0.4 is 5.69 Å². The van der Waals surface area contributed by atoms with Crippen molar-refractivity contribution < 1.29 is 9.90 Å². The zero-order valence-corrected chi connectivity index (χ0v) is 18.3. The monoisotopic (exact) mass is 418 g/mol. The smallest absolute Gasteiger partial charge is 0.336 e. The van der Waals surface area contributed by atoms with Crippen LogP contribution in [0.25, 0.3) is 11.1 Å². The maximum absolute atomic E-state index is 13.0. The van der Waals surface area contributed by atoms with E-state index in [0.717, 1.165) is 49.0 Å². The van der Waals surface area contributed by atoms with E-state index in [1.54, 1.807) is 12.1 Å². The number of unbranched alkanes of at least 4 members (excludes halogenated alkanes) is 2. The number of allylic oxidation sites excluding steroid dienone is 2. The lowest BCUT2D eigenvalue weighted by Gasteiger charge is -2.09. The van der Waals surface area contributed by atoms with Crippen LogP contribution in [0.5, 0.6) is 0 Å². The SMILES string of the molecule is C/C=C/Cc1cn(CCCCC)c(=O)n1Cc1ccc(-c2ccccc2C(=O)O)cc1. The highest BCUT2D eigenvalue weighted by molar-refractivity contribution is 5.95. The fourth-order valence-corrected chi connectivity index (χ4v) is 3.74. The molecule has 0 amide bonds. The van der Waals surface area contributed by atoms with Crippen LogP contribution in [-0.4, -0.2) is 20.2 Å². The van der Waals surface area contributed by atoms with Gasteiger partial charge in [-0.05, 0) is 36.1 Å². The Balaban J connectivity index is 1.87. The van der Waals surface area contributed by atoms with Crippen LogP contribution in [-0.2, 0) is 19.5 Å². The van der Waals surface area contributed by atoms with Gasteiger partial charge in [-0.25, -0.2) is 9.59 Å². The van der Waals surface area contributed by atoms with Gasteiger partial charge in [-0.3, -0.25) is 9.13 Å². The Morgan fingerprint density at radius 1 is 1.06 bits per heavy atom. The van der Waals surface area contributed by atoms with E-state index in [4.69, 9.17) is 0 Å². The summed E-state index contributed by atoms with van der Waals surface area (Å²) >= 11 is 0. The van der Waals surface area contributed by atoms with Crippen molar-refractivity contribution in [3.05, 3.63) is 94.2 Å². The van der Waals surface area contributed by atoms with Crippen molar-refractivity contribution in [2.45, 2.75) is 52.6 Å². The second-order valence-electron chi connectivity index (χ2n) is 7.71. The molecular weight excluding hydrogens is 388 g/mol. The highest BCUT2D eigenvalue weighted by Gasteiger charge is 2.13. The molecule has 2 aromatic carbocycles. The highest BCUT2D eigenvalue weighted by atomic mass is 16.4. The van der Waals surface area contributed by atoms with Crippen LogP contribution in [0.1, 0.15) is 54.7 Å². The third-order valence-corrected chi connectivity index (χ3v) is 5.46. The number of carboxylic acid groups (broad SMARTS) is 1. The van der Waals surface area contributed by atoms with Gasteiger partial charge in [0, 0.05) is 24.9 Å². The number of aryl methyl sites for hydroxylation is 1. The van der Waals surface area contributed by atoms with Crippen LogP contribution in [0, 0.1) is 0 Å². The van der Waals surface area contributed by atoms with Crippen LogP contribution in [0.4, 0.5) is 0 Å². The average molecular weight is 419 g/mol. The molecule has 1 N–H and O–H groups in total. The summed E-state index contributed by atoms with van der Waals surface area (Å²) < 4.78 is 3.66. The minimum atomic E-state index is -0.940. The largest absolute Gasteiger partial charge is 0.478 e. The molecule has 0 saturated carbocycles. The number of hydrogen-bond donors (Lipinski definition) is 1. The lowest BCUT2D eigenvalue weighted by Crippen LogP contribution is -2.25. The van der Waals surface area contributed by atoms with Crippen molar-refractivity contribution in [1.82, 2.24) is 9.13 Å². The molecule has 0 atom stereocenters. The number of benzene rings is 2. The normalized spacial score (nSPS) is 11.3. The maximum atomic E-state index is 13.0. The molecule has 5 heteroatoms. The Morgan fingerprint density at radius 2 is 1.81 bits per heavy atom. The van der Waals surface area contributed by atoms with Gasteiger partial charge in [0.25, 0.3) is 0 Å². The van der Waals surface area contributed by atoms with Gasteiger partial charge >= 0.3 is 11.7 Å². The molecule has 1 aromatic heterocycles. The minimum Gasteiger partial charge on any atom is -0.478 e. The number of aromatic carboxylic acids is 1. The molecule has 0 unspecified atom stereocenters. The Bertz CT molecular complexity index is 1100. The highest BCUT2D eigenvalue weighted by Crippen LogP contribution is 2.24. The topological polar surface area (TPSA) is 64.2 Å². The predicted octanol–water partition coefficient (Wildman–Crippen LogP) is 5.37. The first-order valence-corrected chi connectivity index (χ1v) is 10.9. The van der Waals surface area contributed by atoms with Crippen molar-refractivity contribution >= 4 is 5.97 Å². The third-order valence-electron chi connectivity index (χ3n) is 5.46. The van der Waals surface area contributed by atoms with Gasteiger partial charge in [0.05, 0.1) is 12.1 Å². The molecule has 162 valence electrons. The molecule has 0 saturated heterocycles. The van der Waals surface area contributed by atoms with Crippen molar-refractivity contribution in [2.24, 2.45) is 0 Å². The number of carboxylic acids is 1. The fraction of sp³-hybridized carbons (Fsp3) is 0.308. The second-order valence-corrected chi connectivity index (χ2v) is 7.71. The van der Waals surface area contributed by atoms with Crippen LogP contribution in [0.3, 0.4) is 0 Å². The third kappa shape index (κ3) is 5.43. The van der Waals surface area contributed by atoms with Crippen LogP contribution >= 0.6 is 0 Å². The first-order chi connectivity index (χ1) is 15.0. The molecule has 0 aliphatic rings. The van der Waals surface area contributed by atoms with Crippen molar-refractivity contribution in [2.75, 3.05) is 0 Å². The minimum absolute atomic E-state index is 0.0240. The summed E-state index contributed by atoms with van der Waals surface area (Å²) in [5.41, 5.74) is 3.85. The molecule has 3 rings (SSSR count). The molecule has 0 aliphatic carbocycles. The van der Waals surface area contributed by atoms with E-state index in [1.807, 2.05) is 64.7 Å². The number of rotatable bonds is 10. The van der Waals surface area contributed by atoms with E-state index in [9.17, 15) is 14.7 Å². The lowest BCUT2D eigenvalue weighted by molar-refractivity contribution is 0.0697. The number of nitrogens with zero attached hydrogens (tertiary/aromatic N) is 2. The standard InChI is InChI=1S/C26H30N2O3/c1-3-5-9-17-27-19-22(10-6-4-2)28(26(27)31)18-20-13-15-21(16-14-20)23-11-7-8-12-24(23)25(29)30/h4,6-8,11-16,19H,3,5,9-10,17-18H2,1-2H3,(H,29,30)/b6-4+. The summed E-state index contributed by atoms with van der Waals surface area (Å²) in [5, 5.41) is 9.44. The van der Waals surface area contributed by atoms with Gasteiger partial charge in [0.15, 0.2) is 0 Å². The lowest BCUT2D eigenvalue weighted by atomic mass is 9.99. The van der Waals surface area contributed by atoms with E-state index < -0.39 is 5.97 Å². The van der Waals surface area contributed by atoms with Crippen molar-refractivity contribution in [3.63, 3.8) is 0 Å². The average Bonchev–Trinajstić information content (AvgIpc) is 3.07. The molecular formula is C26H30N2O3. The molecule has 1 heterocycles. The molecule has 0 radical (unpaired) electrons. The van der Waals surface area contributed by atoms with Gasteiger partial charge in [-0.2, -0.15) is 0 Å². The Morgan fingerprint density at radius 3 is 2.48 bits per heavy atom. The maximum Gasteiger partial charge on any atom is 0.336 e. The number of carbonyl (C=O) groups is 1. The number of imidazole rings is 1. The fourth-order valence-electron chi connectivity index (χ4n) is 3.74. The zero-order valence-electron chi connectivity index (χ0n) is 18.3. The van der Waals surface area contributed by atoms with Gasteiger partial charge < -0.3 is 5.11 Å². The molecule has 0 bridgehead atoms. The van der Waals surface area contributed by atoms with Gasteiger partial charge in [0.2, 0.25) is 0 Å². The zero-order chi connectivity index (χ0) is 22.2. The molecule has 31 heavy (non-hydrogen) atoms. The van der Waals surface area contributed by atoms with Gasteiger partial charge in [-0.15, -0.1) is 0 Å². The Labute approximate surface area is 183 Å². The predicted molar refractivity (Wildman–Crippen MR) is 125 cm³/mol. The molecule has 0 spiro atoms. The number of aromatic nitrogens is 2. The summed E-state index contributed by atoms with van der Waals surface area (Å²) in [6.07, 6.45) is 10.00. The van der Waals surface area contributed by atoms with Crippen LogP contribution in [0.15, 0.2) is 71.7 Å². The quantitative estimate of drug-likeness (QED) is 0.355. The summed E-state index contributed by atoms with van der Waals surface area (Å²) in [4.78, 5) is 24.5. The summed E-state index contributed by atoms with van der Waals surface area (Å²) in [6.45, 7) is 5.37. The summed E-state index contributed by atoms with van der Waals surface area (Å²) in [7, 11) is 0. The van der Waals surface area contributed by atoms with E-state index >= 15 is 0 Å². The van der Waals surface area contributed by atoms with Gasteiger partial charge in [-0.1, -0.05) is 74.4 Å². The first-order valence-electron chi connectivity index (χ1n) is 10.9. The van der Waals surface area contributed by atoms with E-state index in [-0.39, 0.29) is 11.3 Å².